The number of para-hydroxylation sites is 1. The van der Waals surface area contributed by atoms with Crippen molar-refractivity contribution in [1.29, 1.82) is 0 Å². The lowest BCUT2D eigenvalue weighted by Crippen LogP contribution is -2.29. The SMILES string of the molecule is O=C(Nc1nc(C2CCCN2c2ccccc2)cs1)c1cccn1CCC1COC1. The summed E-state index contributed by atoms with van der Waals surface area (Å²) in [7, 11) is 0. The molecule has 2 saturated heterocycles. The average Bonchev–Trinajstić information content (AvgIpc) is 3.47. The third-order valence-corrected chi connectivity index (χ3v) is 6.75. The Kier molecular flexibility index (Phi) is 5.55. The highest BCUT2D eigenvalue weighted by molar-refractivity contribution is 7.14. The Morgan fingerprint density at radius 2 is 2.07 bits per heavy atom. The Hall–Kier alpha value is -2.64. The Morgan fingerprint density at radius 1 is 1.20 bits per heavy atom. The van der Waals surface area contributed by atoms with Crippen LogP contribution in [0.3, 0.4) is 0 Å². The van der Waals surface area contributed by atoms with E-state index in [0.717, 1.165) is 51.3 Å². The van der Waals surface area contributed by atoms with Crippen molar-refractivity contribution in [2.24, 2.45) is 5.92 Å². The van der Waals surface area contributed by atoms with Crippen LogP contribution in [-0.4, -0.2) is 35.2 Å². The minimum Gasteiger partial charge on any atom is -0.381 e. The molecule has 2 aliphatic rings. The van der Waals surface area contributed by atoms with Gasteiger partial charge in [-0.25, -0.2) is 4.98 Å². The molecule has 0 radical (unpaired) electrons. The van der Waals surface area contributed by atoms with E-state index >= 15 is 0 Å². The summed E-state index contributed by atoms with van der Waals surface area (Å²) >= 11 is 1.50. The number of aryl methyl sites for hydroxylation is 1. The van der Waals surface area contributed by atoms with Gasteiger partial charge >= 0.3 is 0 Å². The molecule has 6 nitrogen and oxygen atoms in total. The minimum absolute atomic E-state index is 0.0999. The van der Waals surface area contributed by atoms with Crippen molar-refractivity contribution in [2.45, 2.75) is 31.8 Å². The first kappa shape index (κ1) is 19.3. The molecule has 0 spiro atoms. The van der Waals surface area contributed by atoms with E-state index in [1.165, 1.54) is 17.0 Å². The summed E-state index contributed by atoms with van der Waals surface area (Å²) in [5, 5.41) is 5.75. The number of hydrogen-bond donors (Lipinski definition) is 1. The Bertz CT molecular complexity index is 996. The summed E-state index contributed by atoms with van der Waals surface area (Å²) in [5.74, 6) is 0.515. The van der Waals surface area contributed by atoms with E-state index in [0.29, 0.717) is 16.7 Å². The Labute approximate surface area is 180 Å². The summed E-state index contributed by atoms with van der Waals surface area (Å²) in [5.41, 5.74) is 2.95. The zero-order valence-electron chi connectivity index (χ0n) is 16.9. The first-order valence-corrected chi connectivity index (χ1v) is 11.5. The maximum absolute atomic E-state index is 12.8. The smallest absolute Gasteiger partial charge is 0.274 e. The predicted molar refractivity (Wildman–Crippen MR) is 119 cm³/mol. The molecule has 2 aromatic heterocycles. The summed E-state index contributed by atoms with van der Waals surface area (Å²) in [4.78, 5) is 20.0. The third kappa shape index (κ3) is 4.00. The number of carbonyl (C=O) groups excluding carboxylic acids is 1. The normalized spacial score (nSPS) is 19.1. The Balaban J connectivity index is 1.25. The highest BCUT2D eigenvalue weighted by Gasteiger charge is 2.28. The van der Waals surface area contributed by atoms with E-state index in [-0.39, 0.29) is 11.9 Å². The molecule has 1 atom stereocenters. The van der Waals surface area contributed by atoms with Crippen LogP contribution in [0.4, 0.5) is 10.8 Å². The van der Waals surface area contributed by atoms with Crippen LogP contribution in [0.25, 0.3) is 0 Å². The van der Waals surface area contributed by atoms with Crippen molar-refractivity contribution in [3.05, 3.63) is 65.4 Å². The fraction of sp³-hybridized carbons (Fsp3) is 0.391. The lowest BCUT2D eigenvalue weighted by atomic mass is 10.0. The lowest BCUT2D eigenvalue weighted by Gasteiger charge is -2.26. The molecule has 156 valence electrons. The number of aromatic nitrogens is 2. The van der Waals surface area contributed by atoms with Crippen LogP contribution in [0.5, 0.6) is 0 Å². The maximum Gasteiger partial charge on any atom is 0.274 e. The van der Waals surface area contributed by atoms with E-state index in [9.17, 15) is 4.79 Å². The molecule has 4 heterocycles. The highest BCUT2D eigenvalue weighted by atomic mass is 32.1. The maximum atomic E-state index is 12.8. The second-order valence-corrected chi connectivity index (χ2v) is 8.86. The zero-order chi connectivity index (χ0) is 20.3. The van der Waals surface area contributed by atoms with Crippen molar-refractivity contribution >= 4 is 28.1 Å². The zero-order valence-corrected chi connectivity index (χ0v) is 17.7. The molecule has 5 rings (SSSR count). The summed E-state index contributed by atoms with van der Waals surface area (Å²) < 4.78 is 7.27. The van der Waals surface area contributed by atoms with Gasteiger partial charge in [-0.2, -0.15) is 0 Å². The molecule has 2 fully saturated rings. The molecule has 1 unspecified atom stereocenters. The molecule has 0 saturated carbocycles. The van der Waals surface area contributed by atoms with Crippen LogP contribution in [0.1, 0.15) is 41.5 Å². The van der Waals surface area contributed by atoms with E-state index in [1.807, 2.05) is 29.0 Å². The number of nitrogens with zero attached hydrogens (tertiary/aromatic N) is 3. The number of ether oxygens (including phenoxy) is 1. The number of nitrogens with one attached hydrogen (secondary N) is 1. The van der Waals surface area contributed by atoms with Crippen molar-refractivity contribution in [1.82, 2.24) is 9.55 Å². The van der Waals surface area contributed by atoms with Gasteiger partial charge in [0.15, 0.2) is 5.13 Å². The average molecular weight is 423 g/mol. The number of anilines is 2. The molecule has 0 aliphatic carbocycles. The summed E-state index contributed by atoms with van der Waals surface area (Å²) in [6, 6.07) is 14.6. The molecular weight excluding hydrogens is 396 g/mol. The number of amides is 1. The van der Waals surface area contributed by atoms with Gasteiger partial charge in [0.2, 0.25) is 0 Å². The number of thiazole rings is 1. The second-order valence-electron chi connectivity index (χ2n) is 8.00. The van der Waals surface area contributed by atoms with E-state index in [4.69, 9.17) is 9.72 Å². The molecule has 7 heteroatoms. The van der Waals surface area contributed by atoms with Crippen molar-refractivity contribution in [2.75, 3.05) is 30.0 Å². The van der Waals surface area contributed by atoms with Gasteiger partial charge in [-0.05, 0) is 43.5 Å². The van der Waals surface area contributed by atoms with E-state index in [2.05, 4.69) is 39.9 Å². The highest BCUT2D eigenvalue weighted by Crippen LogP contribution is 2.37. The predicted octanol–water partition coefficient (Wildman–Crippen LogP) is 4.57. The van der Waals surface area contributed by atoms with Gasteiger partial charge in [0.25, 0.3) is 5.91 Å². The molecular formula is C23H26N4O2S. The number of hydrogen-bond acceptors (Lipinski definition) is 5. The molecule has 1 N–H and O–H groups in total. The van der Waals surface area contributed by atoms with Gasteiger partial charge in [-0.3, -0.25) is 10.1 Å². The summed E-state index contributed by atoms with van der Waals surface area (Å²) in [6.45, 7) is 3.55. The van der Waals surface area contributed by atoms with Crippen LogP contribution >= 0.6 is 11.3 Å². The number of benzene rings is 1. The molecule has 1 aromatic carbocycles. The molecule has 3 aromatic rings. The first-order valence-electron chi connectivity index (χ1n) is 10.6. The fourth-order valence-electron chi connectivity index (χ4n) is 4.25. The molecule has 1 amide bonds. The molecule has 0 bridgehead atoms. The standard InChI is InChI=1S/C23H26N4O2S/c28-22(21-9-4-11-26(21)13-10-17-14-29-15-17)25-23-24-19(16-30-23)20-8-5-12-27(20)18-6-2-1-3-7-18/h1-4,6-7,9,11,16-17,20H,5,8,10,12-15H2,(H,24,25,28). The molecule has 30 heavy (non-hydrogen) atoms. The van der Waals surface area contributed by atoms with Crippen LogP contribution in [0.15, 0.2) is 54.0 Å². The van der Waals surface area contributed by atoms with Gasteiger partial charge in [-0.15, -0.1) is 11.3 Å². The van der Waals surface area contributed by atoms with Gasteiger partial charge in [0, 0.05) is 36.3 Å². The van der Waals surface area contributed by atoms with Crippen LogP contribution in [0.2, 0.25) is 0 Å². The lowest BCUT2D eigenvalue weighted by molar-refractivity contribution is -0.0371. The van der Waals surface area contributed by atoms with E-state index < -0.39 is 0 Å². The van der Waals surface area contributed by atoms with Crippen LogP contribution in [-0.2, 0) is 11.3 Å². The van der Waals surface area contributed by atoms with Gasteiger partial charge in [0.1, 0.15) is 5.69 Å². The fourth-order valence-corrected chi connectivity index (χ4v) is 5.00. The minimum atomic E-state index is -0.0999. The third-order valence-electron chi connectivity index (χ3n) is 5.97. The number of carbonyl (C=O) groups is 1. The van der Waals surface area contributed by atoms with Gasteiger partial charge in [-0.1, -0.05) is 18.2 Å². The number of rotatable bonds is 7. The van der Waals surface area contributed by atoms with Gasteiger partial charge in [0.05, 0.1) is 24.9 Å². The van der Waals surface area contributed by atoms with Crippen LogP contribution in [0, 0.1) is 5.92 Å². The van der Waals surface area contributed by atoms with Gasteiger partial charge < -0.3 is 14.2 Å². The van der Waals surface area contributed by atoms with Crippen LogP contribution < -0.4 is 10.2 Å². The topological polar surface area (TPSA) is 59.4 Å². The molecule has 2 aliphatic heterocycles. The van der Waals surface area contributed by atoms with E-state index in [1.54, 1.807) is 0 Å². The second kappa shape index (κ2) is 8.62. The summed E-state index contributed by atoms with van der Waals surface area (Å²) in [6.07, 6.45) is 5.24. The Morgan fingerprint density at radius 3 is 2.87 bits per heavy atom. The quantitative estimate of drug-likeness (QED) is 0.606. The van der Waals surface area contributed by atoms with Crippen molar-refractivity contribution in [3.63, 3.8) is 0 Å². The van der Waals surface area contributed by atoms with Crippen molar-refractivity contribution < 1.29 is 9.53 Å². The largest absolute Gasteiger partial charge is 0.381 e. The van der Waals surface area contributed by atoms with Crippen molar-refractivity contribution in [3.8, 4) is 0 Å². The first-order chi connectivity index (χ1) is 14.8. The monoisotopic (exact) mass is 422 g/mol.